The Balaban J connectivity index is 1.63. The lowest BCUT2D eigenvalue weighted by molar-refractivity contribution is 0.0741. The molecule has 0 aliphatic carbocycles. The molecule has 2 aromatic rings. The number of piperazine rings is 1. The van der Waals surface area contributed by atoms with Crippen molar-refractivity contribution >= 4 is 11.6 Å². The fourth-order valence-corrected chi connectivity index (χ4v) is 2.52. The number of anilines is 1. The van der Waals surface area contributed by atoms with Gasteiger partial charge in [0.2, 0.25) is 0 Å². The lowest BCUT2D eigenvalue weighted by Gasteiger charge is -2.36. The van der Waals surface area contributed by atoms with E-state index in [9.17, 15) is 4.79 Å². The average molecular weight is 286 g/mol. The highest BCUT2D eigenvalue weighted by molar-refractivity contribution is 5.92. The van der Waals surface area contributed by atoms with E-state index >= 15 is 0 Å². The zero-order chi connectivity index (χ0) is 14.7. The highest BCUT2D eigenvalue weighted by Gasteiger charge is 2.23. The molecule has 1 N–H and O–H groups in total. The number of H-pyrrole nitrogens is 1. The van der Waals surface area contributed by atoms with Crippen molar-refractivity contribution in [1.29, 1.82) is 0 Å². The van der Waals surface area contributed by atoms with Crippen LogP contribution in [0.3, 0.4) is 0 Å². The summed E-state index contributed by atoms with van der Waals surface area (Å²) in [6, 6.07) is 9.70. The van der Waals surface area contributed by atoms with Crippen LogP contribution in [0.25, 0.3) is 0 Å². The summed E-state index contributed by atoms with van der Waals surface area (Å²) in [4.78, 5) is 16.3. The minimum absolute atomic E-state index is 0.0118. The Hall–Kier alpha value is -2.50. The third-order valence-corrected chi connectivity index (χ3v) is 3.72. The van der Waals surface area contributed by atoms with Crippen molar-refractivity contribution < 1.29 is 9.53 Å². The summed E-state index contributed by atoms with van der Waals surface area (Å²) < 4.78 is 5.25. The van der Waals surface area contributed by atoms with Gasteiger partial charge in [0, 0.05) is 44.1 Å². The maximum absolute atomic E-state index is 12.2. The summed E-state index contributed by atoms with van der Waals surface area (Å²) in [6.07, 6.45) is 1.60. The number of benzene rings is 1. The molecular formula is C15H18N4O2. The highest BCUT2D eigenvalue weighted by atomic mass is 16.5. The summed E-state index contributed by atoms with van der Waals surface area (Å²) in [5.41, 5.74) is 1.67. The van der Waals surface area contributed by atoms with E-state index in [1.54, 1.807) is 19.4 Å². The standard InChI is InChI=1S/C15H18N4O2/c1-21-13-4-2-3-12(11-13)18-7-9-19(10-8-18)15(20)14-5-6-16-17-14/h2-6,11H,7-10H2,1H3,(H,16,17). The van der Waals surface area contributed by atoms with Crippen molar-refractivity contribution in [3.8, 4) is 5.75 Å². The summed E-state index contributed by atoms with van der Waals surface area (Å²) >= 11 is 0. The van der Waals surface area contributed by atoms with Gasteiger partial charge in [0.25, 0.3) is 5.91 Å². The number of hydrogen-bond acceptors (Lipinski definition) is 4. The van der Waals surface area contributed by atoms with Gasteiger partial charge >= 0.3 is 0 Å². The van der Waals surface area contributed by atoms with E-state index in [4.69, 9.17) is 4.74 Å². The topological polar surface area (TPSA) is 61.5 Å². The minimum atomic E-state index is 0.0118. The van der Waals surface area contributed by atoms with E-state index in [1.807, 2.05) is 23.1 Å². The molecule has 1 fully saturated rings. The molecule has 0 radical (unpaired) electrons. The number of aromatic amines is 1. The molecule has 110 valence electrons. The van der Waals surface area contributed by atoms with Gasteiger partial charge in [0.15, 0.2) is 0 Å². The van der Waals surface area contributed by atoms with Crippen molar-refractivity contribution in [2.45, 2.75) is 0 Å². The fraction of sp³-hybridized carbons (Fsp3) is 0.333. The molecule has 2 heterocycles. The smallest absolute Gasteiger partial charge is 0.271 e. The van der Waals surface area contributed by atoms with Gasteiger partial charge in [0.05, 0.1) is 7.11 Å². The molecule has 6 heteroatoms. The second-order valence-corrected chi connectivity index (χ2v) is 4.95. The maximum Gasteiger partial charge on any atom is 0.271 e. The van der Waals surface area contributed by atoms with Crippen LogP contribution in [0.15, 0.2) is 36.5 Å². The maximum atomic E-state index is 12.2. The number of carbonyl (C=O) groups is 1. The van der Waals surface area contributed by atoms with Crippen LogP contribution in [-0.4, -0.2) is 54.3 Å². The fourth-order valence-electron chi connectivity index (χ4n) is 2.52. The number of methoxy groups -OCH3 is 1. The molecule has 1 aliphatic rings. The SMILES string of the molecule is COc1cccc(N2CCN(C(=O)c3ccn[nH]3)CC2)c1. The van der Waals surface area contributed by atoms with Crippen LogP contribution in [0.2, 0.25) is 0 Å². The lowest BCUT2D eigenvalue weighted by Crippen LogP contribution is -2.48. The molecule has 21 heavy (non-hydrogen) atoms. The van der Waals surface area contributed by atoms with Gasteiger partial charge in [-0.3, -0.25) is 9.89 Å². The number of nitrogens with zero attached hydrogens (tertiary/aromatic N) is 3. The number of rotatable bonds is 3. The molecule has 1 aliphatic heterocycles. The molecule has 3 rings (SSSR count). The average Bonchev–Trinajstić information content (AvgIpc) is 3.09. The van der Waals surface area contributed by atoms with E-state index < -0.39 is 0 Å². The number of carbonyl (C=O) groups excluding carboxylic acids is 1. The second kappa shape index (κ2) is 5.87. The van der Waals surface area contributed by atoms with E-state index in [0.29, 0.717) is 18.8 Å². The van der Waals surface area contributed by atoms with Crippen LogP contribution in [-0.2, 0) is 0 Å². The number of amides is 1. The Morgan fingerprint density at radius 1 is 1.24 bits per heavy atom. The lowest BCUT2D eigenvalue weighted by atomic mass is 10.2. The van der Waals surface area contributed by atoms with Crippen molar-refractivity contribution in [3.63, 3.8) is 0 Å². The molecule has 1 amide bonds. The number of aromatic nitrogens is 2. The summed E-state index contributed by atoms with van der Waals surface area (Å²) in [5, 5.41) is 6.54. The molecule has 0 unspecified atom stereocenters. The Kier molecular flexibility index (Phi) is 3.77. The Labute approximate surface area is 123 Å². The third-order valence-electron chi connectivity index (χ3n) is 3.72. The first kappa shape index (κ1) is 13.5. The summed E-state index contributed by atoms with van der Waals surface area (Å²) in [5.74, 6) is 0.862. The van der Waals surface area contributed by atoms with Gasteiger partial charge in [-0.25, -0.2) is 0 Å². The van der Waals surface area contributed by atoms with Gasteiger partial charge in [-0.15, -0.1) is 0 Å². The summed E-state index contributed by atoms with van der Waals surface area (Å²) in [6.45, 7) is 3.03. The first-order valence-corrected chi connectivity index (χ1v) is 6.95. The summed E-state index contributed by atoms with van der Waals surface area (Å²) in [7, 11) is 1.67. The number of ether oxygens (including phenoxy) is 1. The van der Waals surface area contributed by atoms with E-state index in [-0.39, 0.29) is 5.91 Å². The Morgan fingerprint density at radius 2 is 2.05 bits per heavy atom. The molecule has 0 bridgehead atoms. The van der Waals surface area contributed by atoms with Gasteiger partial charge in [-0.1, -0.05) is 6.07 Å². The number of hydrogen-bond donors (Lipinski definition) is 1. The normalized spacial score (nSPS) is 15.1. The van der Waals surface area contributed by atoms with Crippen LogP contribution in [0.1, 0.15) is 10.5 Å². The van der Waals surface area contributed by atoms with Gasteiger partial charge in [-0.2, -0.15) is 5.10 Å². The molecule has 0 saturated carbocycles. The molecule has 0 spiro atoms. The zero-order valence-corrected chi connectivity index (χ0v) is 12.0. The van der Waals surface area contributed by atoms with Crippen LogP contribution in [0.4, 0.5) is 5.69 Å². The predicted octanol–water partition coefficient (Wildman–Crippen LogP) is 1.38. The monoisotopic (exact) mass is 286 g/mol. The third kappa shape index (κ3) is 2.84. The number of nitrogens with one attached hydrogen (secondary N) is 1. The van der Waals surface area contributed by atoms with Crippen molar-refractivity contribution in [1.82, 2.24) is 15.1 Å². The predicted molar refractivity (Wildman–Crippen MR) is 79.7 cm³/mol. The van der Waals surface area contributed by atoms with Crippen LogP contribution in [0, 0.1) is 0 Å². The highest BCUT2D eigenvalue weighted by Crippen LogP contribution is 2.22. The van der Waals surface area contributed by atoms with Gasteiger partial charge < -0.3 is 14.5 Å². The van der Waals surface area contributed by atoms with Crippen molar-refractivity contribution in [2.24, 2.45) is 0 Å². The first-order chi connectivity index (χ1) is 10.3. The van der Waals surface area contributed by atoms with Crippen LogP contribution in [0.5, 0.6) is 5.75 Å². The van der Waals surface area contributed by atoms with E-state index in [0.717, 1.165) is 24.5 Å². The largest absolute Gasteiger partial charge is 0.497 e. The molecule has 1 saturated heterocycles. The molecule has 0 atom stereocenters. The molecule has 6 nitrogen and oxygen atoms in total. The quantitative estimate of drug-likeness (QED) is 0.926. The van der Waals surface area contributed by atoms with Crippen molar-refractivity contribution in [3.05, 3.63) is 42.2 Å². The van der Waals surface area contributed by atoms with E-state index in [1.165, 1.54) is 0 Å². The Bertz CT molecular complexity index is 604. The van der Waals surface area contributed by atoms with E-state index in [2.05, 4.69) is 21.2 Å². The van der Waals surface area contributed by atoms with Gasteiger partial charge in [0.1, 0.15) is 11.4 Å². The molecule has 1 aromatic carbocycles. The first-order valence-electron chi connectivity index (χ1n) is 6.95. The Morgan fingerprint density at radius 3 is 2.71 bits per heavy atom. The molecular weight excluding hydrogens is 268 g/mol. The second-order valence-electron chi connectivity index (χ2n) is 4.95. The zero-order valence-electron chi connectivity index (χ0n) is 12.0. The molecule has 1 aromatic heterocycles. The van der Waals surface area contributed by atoms with Crippen LogP contribution < -0.4 is 9.64 Å². The minimum Gasteiger partial charge on any atom is -0.497 e. The van der Waals surface area contributed by atoms with Gasteiger partial charge in [-0.05, 0) is 18.2 Å². The van der Waals surface area contributed by atoms with Crippen molar-refractivity contribution in [2.75, 3.05) is 38.2 Å². The van der Waals surface area contributed by atoms with Crippen LogP contribution >= 0.6 is 0 Å².